The summed E-state index contributed by atoms with van der Waals surface area (Å²) in [6, 6.07) is 12.0. The minimum absolute atomic E-state index is 0.931. The first-order valence-corrected chi connectivity index (χ1v) is 6.57. The summed E-state index contributed by atoms with van der Waals surface area (Å²) < 4.78 is 13.7. The molecule has 2 aromatic rings. The Morgan fingerprint density at radius 3 is 2.38 bits per heavy atom. The van der Waals surface area contributed by atoms with Crippen molar-refractivity contribution in [1.29, 1.82) is 0 Å². The Morgan fingerprint density at radius 2 is 1.69 bits per heavy atom. The number of benzene rings is 2. The minimum Gasteiger partial charge on any atom is -0.290 e. The summed E-state index contributed by atoms with van der Waals surface area (Å²) in [4.78, 5) is 0.931. The molecular weight excluding hydrogens is 218 g/mol. The molecule has 1 atom stereocenters. The van der Waals surface area contributed by atoms with Crippen molar-refractivity contribution in [1.82, 2.24) is 0 Å². The van der Waals surface area contributed by atoms with Gasteiger partial charge < -0.3 is 0 Å². The van der Waals surface area contributed by atoms with Crippen LogP contribution in [0.4, 0.5) is 5.69 Å². The van der Waals surface area contributed by atoms with Crippen molar-refractivity contribution < 1.29 is 4.21 Å². The van der Waals surface area contributed by atoms with Crippen LogP contribution in [0, 0.1) is 0 Å². The summed E-state index contributed by atoms with van der Waals surface area (Å²) in [5.74, 6) is 0. The van der Waals surface area contributed by atoms with E-state index in [1.165, 1.54) is 0 Å². The number of hydrogen-bond acceptors (Lipinski definition) is 1. The minimum atomic E-state index is -1.02. The van der Waals surface area contributed by atoms with Crippen molar-refractivity contribution in [2.45, 2.75) is 18.7 Å². The average molecular weight is 233 g/mol. The van der Waals surface area contributed by atoms with Gasteiger partial charge in [0.25, 0.3) is 0 Å². The molecule has 0 aromatic heterocycles. The van der Waals surface area contributed by atoms with Gasteiger partial charge in [-0.15, -0.1) is 0 Å². The normalized spacial score (nSPS) is 17.2. The molecule has 1 aliphatic rings. The summed E-state index contributed by atoms with van der Waals surface area (Å²) in [6.45, 7) is 4.00. The zero-order valence-corrected chi connectivity index (χ0v) is 10.5. The molecule has 3 heteroatoms. The Kier molecular flexibility index (Phi) is 2.97. The van der Waals surface area contributed by atoms with Gasteiger partial charge >= 0.3 is 0 Å². The van der Waals surface area contributed by atoms with E-state index in [0.29, 0.717) is 0 Å². The van der Waals surface area contributed by atoms with Gasteiger partial charge in [0, 0.05) is 12.4 Å². The molecule has 2 aromatic carbocycles. The van der Waals surface area contributed by atoms with Crippen LogP contribution in [0.1, 0.15) is 13.8 Å². The van der Waals surface area contributed by atoms with Gasteiger partial charge in [-0.3, -0.25) is 4.31 Å². The van der Waals surface area contributed by atoms with Gasteiger partial charge in [-0.05, 0) is 17.5 Å². The van der Waals surface area contributed by atoms with Crippen molar-refractivity contribution in [3.8, 4) is 0 Å². The number of nitrogens with zero attached hydrogens (tertiary/aromatic N) is 1. The van der Waals surface area contributed by atoms with Crippen LogP contribution in [-0.4, -0.2) is 11.3 Å². The SMILES string of the molecule is CC.CN1c2cccc3cccc(c23)S1=O. The van der Waals surface area contributed by atoms with Gasteiger partial charge in [0.2, 0.25) is 0 Å². The van der Waals surface area contributed by atoms with E-state index >= 15 is 0 Å². The fraction of sp³-hybridized carbons (Fsp3) is 0.231. The zero-order chi connectivity index (χ0) is 11.7. The molecule has 1 unspecified atom stereocenters. The highest BCUT2D eigenvalue weighted by atomic mass is 32.2. The third-order valence-corrected chi connectivity index (χ3v) is 4.03. The lowest BCUT2D eigenvalue weighted by Crippen LogP contribution is -2.14. The molecule has 16 heavy (non-hydrogen) atoms. The second-order valence-electron chi connectivity index (χ2n) is 3.38. The quantitative estimate of drug-likeness (QED) is 0.683. The fourth-order valence-electron chi connectivity index (χ4n) is 1.93. The van der Waals surface area contributed by atoms with Gasteiger partial charge in [-0.25, -0.2) is 4.21 Å². The Labute approximate surface area is 98.5 Å². The van der Waals surface area contributed by atoms with Crippen LogP contribution in [0.2, 0.25) is 0 Å². The van der Waals surface area contributed by atoms with E-state index in [4.69, 9.17) is 0 Å². The molecule has 2 nitrogen and oxygen atoms in total. The van der Waals surface area contributed by atoms with Crippen molar-refractivity contribution in [2.75, 3.05) is 11.4 Å². The molecule has 0 N–H and O–H groups in total. The van der Waals surface area contributed by atoms with Gasteiger partial charge in [-0.2, -0.15) is 0 Å². The molecule has 0 radical (unpaired) electrons. The zero-order valence-electron chi connectivity index (χ0n) is 9.73. The monoisotopic (exact) mass is 233 g/mol. The Hall–Kier alpha value is -1.35. The summed E-state index contributed by atoms with van der Waals surface area (Å²) in [6.07, 6.45) is 0. The molecule has 0 aliphatic carbocycles. The lowest BCUT2D eigenvalue weighted by molar-refractivity contribution is 0.684. The first-order chi connectivity index (χ1) is 7.79. The highest BCUT2D eigenvalue weighted by molar-refractivity contribution is 7.87. The second kappa shape index (κ2) is 4.26. The van der Waals surface area contributed by atoms with Crippen LogP contribution in [0.3, 0.4) is 0 Å². The molecule has 0 spiro atoms. The fourth-order valence-corrected chi connectivity index (χ4v) is 3.15. The van der Waals surface area contributed by atoms with Crippen molar-refractivity contribution in [2.24, 2.45) is 0 Å². The van der Waals surface area contributed by atoms with Gasteiger partial charge in [0.1, 0.15) is 0 Å². The largest absolute Gasteiger partial charge is 0.290 e. The standard InChI is InChI=1S/C11H9NOS.C2H6/c1-12-9-6-2-4-8-5-3-7-10(11(8)9)14(12)13;1-2/h2-7H,1H3;1-2H3. The van der Waals surface area contributed by atoms with Crippen LogP contribution >= 0.6 is 0 Å². The number of anilines is 1. The summed E-state index contributed by atoms with van der Waals surface area (Å²) in [5.41, 5.74) is 1.07. The molecule has 1 aliphatic heterocycles. The Balaban J connectivity index is 0.000000457. The maximum Gasteiger partial charge on any atom is 0.153 e. The van der Waals surface area contributed by atoms with Crippen LogP contribution in [0.5, 0.6) is 0 Å². The third kappa shape index (κ3) is 1.43. The molecule has 0 amide bonds. The predicted octanol–water partition coefficient (Wildman–Crippen LogP) is 3.34. The topological polar surface area (TPSA) is 20.3 Å². The maximum atomic E-state index is 11.9. The molecule has 84 valence electrons. The molecule has 1 heterocycles. The van der Waals surface area contributed by atoms with E-state index in [2.05, 4.69) is 12.1 Å². The van der Waals surface area contributed by atoms with E-state index in [-0.39, 0.29) is 0 Å². The molecule has 0 bridgehead atoms. The molecule has 3 rings (SSSR count). The third-order valence-electron chi connectivity index (χ3n) is 2.62. The van der Waals surface area contributed by atoms with Crippen molar-refractivity contribution >= 4 is 27.4 Å². The van der Waals surface area contributed by atoms with Crippen molar-refractivity contribution in [3.05, 3.63) is 36.4 Å². The lowest BCUT2D eigenvalue weighted by atomic mass is 10.1. The summed E-state index contributed by atoms with van der Waals surface area (Å²) in [7, 11) is 0.848. The lowest BCUT2D eigenvalue weighted by Gasteiger charge is -2.09. The number of hydrogen-bond donors (Lipinski definition) is 0. The molecule has 0 saturated heterocycles. The van der Waals surface area contributed by atoms with Crippen LogP contribution in [0.25, 0.3) is 10.8 Å². The first kappa shape index (κ1) is 11.1. The second-order valence-corrected chi connectivity index (χ2v) is 4.86. The summed E-state index contributed by atoms with van der Waals surface area (Å²) >= 11 is 0. The van der Waals surface area contributed by atoms with E-state index in [0.717, 1.165) is 21.4 Å². The average Bonchev–Trinajstić information content (AvgIpc) is 2.60. The Morgan fingerprint density at radius 1 is 1.06 bits per heavy atom. The highest BCUT2D eigenvalue weighted by Crippen LogP contribution is 2.38. The van der Waals surface area contributed by atoms with Crippen LogP contribution < -0.4 is 4.31 Å². The first-order valence-electron chi connectivity index (χ1n) is 5.46. The Bertz CT molecular complexity index is 545. The van der Waals surface area contributed by atoms with E-state index < -0.39 is 11.0 Å². The maximum absolute atomic E-state index is 11.9. The molecule has 0 fully saturated rings. The predicted molar refractivity (Wildman–Crippen MR) is 70.1 cm³/mol. The highest BCUT2D eigenvalue weighted by Gasteiger charge is 2.24. The smallest absolute Gasteiger partial charge is 0.153 e. The number of rotatable bonds is 0. The van der Waals surface area contributed by atoms with E-state index in [9.17, 15) is 4.21 Å². The molecule has 0 saturated carbocycles. The van der Waals surface area contributed by atoms with Gasteiger partial charge in [0.15, 0.2) is 11.0 Å². The van der Waals surface area contributed by atoms with Gasteiger partial charge in [-0.1, -0.05) is 38.1 Å². The summed E-state index contributed by atoms with van der Waals surface area (Å²) in [5, 5.41) is 2.30. The molecular formula is C13H15NOS. The van der Waals surface area contributed by atoms with Gasteiger partial charge in [0.05, 0.1) is 10.6 Å². The van der Waals surface area contributed by atoms with E-state index in [1.54, 1.807) is 0 Å². The van der Waals surface area contributed by atoms with Crippen LogP contribution in [0.15, 0.2) is 41.3 Å². The van der Waals surface area contributed by atoms with Crippen LogP contribution in [-0.2, 0) is 11.0 Å². The van der Waals surface area contributed by atoms with E-state index in [1.807, 2.05) is 49.5 Å². The van der Waals surface area contributed by atoms with Crippen molar-refractivity contribution in [3.63, 3.8) is 0 Å².